The first-order valence-electron chi connectivity index (χ1n) is 4.71. The largest absolute Gasteiger partial charge is 0.385 e. The summed E-state index contributed by atoms with van der Waals surface area (Å²) < 4.78 is 0.870. The zero-order valence-corrected chi connectivity index (χ0v) is 10.3. The predicted octanol–water partition coefficient (Wildman–Crippen LogP) is 3.78. The average molecular weight is 276 g/mol. The van der Waals surface area contributed by atoms with Crippen LogP contribution in [0.5, 0.6) is 0 Å². The summed E-state index contributed by atoms with van der Waals surface area (Å²) in [7, 11) is 0. The smallest absolute Gasteiger partial charge is 0.0911 e. The van der Waals surface area contributed by atoms with E-state index >= 15 is 0 Å². The molecule has 0 atom stereocenters. The fraction of sp³-hybridized carbons (Fsp3) is 0.455. The Hall–Kier alpha value is -0.0500. The molecule has 0 amide bonds. The van der Waals surface area contributed by atoms with E-state index in [1.165, 1.54) is 0 Å². The van der Waals surface area contributed by atoms with Crippen LogP contribution in [0.1, 0.15) is 30.4 Å². The number of aliphatic hydroxyl groups is 1. The minimum absolute atomic E-state index is 0.651. The zero-order valence-electron chi connectivity index (χ0n) is 7.98. The molecule has 76 valence electrons. The van der Waals surface area contributed by atoms with Crippen LogP contribution in [-0.4, -0.2) is 5.11 Å². The Morgan fingerprint density at radius 1 is 1.43 bits per heavy atom. The van der Waals surface area contributed by atoms with Crippen LogP contribution in [0, 0.1) is 6.92 Å². The summed E-state index contributed by atoms with van der Waals surface area (Å²) in [6.07, 6.45) is 2.73. The van der Waals surface area contributed by atoms with Crippen molar-refractivity contribution in [2.45, 2.75) is 31.8 Å². The van der Waals surface area contributed by atoms with Crippen molar-refractivity contribution in [1.29, 1.82) is 0 Å². The van der Waals surface area contributed by atoms with E-state index in [1.54, 1.807) is 0 Å². The Labute approximate surface area is 97.2 Å². The van der Waals surface area contributed by atoms with Crippen LogP contribution in [-0.2, 0) is 5.60 Å². The first-order valence-corrected chi connectivity index (χ1v) is 5.88. The molecule has 1 aromatic rings. The van der Waals surface area contributed by atoms with Crippen LogP contribution in [0.25, 0.3) is 0 Å². The molecule has 1 nitrogen and oxygen atoms in total. The molecule has 0 heterocycles. The summed E-state index contributed by atoms with van der Waals surface area (Å²) in [5, 5.41) is 10.9. The first-order chi connectivity index (χ1) is 6.53. The standard InChI is InChI=1S/C11H12BrClO/c1-7-5-8(10(13)9(12)6-7)11(14)3-2-4-11/h5-6,14H,2-4H2,1H3. The van der Waals surface area contributed by atoms with E-state index in [9.17, 15) is 5.11 Å². The normalized spacial score (nSPS) is 19.1. The van der Waals surface area contributed by atoms with Gasteiger partial charge >= 0.3 is 0 Å². The highest BCUT2D eigenvalue weighted by Crippen LogP contribution is 2.45. The van der Waals surface area contributed by atoms with Gasteiger partial charge in [0.1, 0.15) is 0 Å². The maximum Gasteiger partial charge on any atom is 0.0911 e. The molecule has 1 aliphatic carbocycles. The second-order valence-corrected chi connectivity index (χ2v) is 5.23. The van der Waals surface area contributed by atoms with Gasteiger partial charge in [-0.1, -0.05) is 17.7 Å². The molecule has 0 aromatic heterocycles. The van der Waals surface area contributed by atoms with Crippen molar-refractivity contribution in [3.05, 3.63) is 32.8 Å². The highest BCUT2D eigenvalue weighted by Gasteiger charge is 2.38. The van der Waals surface area contributed by atoms with Gasteiger partial charge in [0.2, 0.25) is 0 Å². The van der Waals surface area contributed by atoms with Crippen molar-refractivity contribution >= 4 is 27.5 Å². The van der Waals surface area contributed by atoms with Crippen LogP contribution in [0.4, 0.5) is 0 Å². The van der Waals surface area contributed by atoms with Crippen molar-refractivity contribution < 1.29 is 5.11 Å². The third-order valence-corrected chi connectivity index (χ3v) is 4.12. The molecule has 0 spiro atoms. The number of rotatable bonds is 1. The van der Waals surface area contributed by atoms with Gasteiger partial charge < -0.3 is 5.11 Å². The fourth-order valence-corrected chi connectivity index (χ4v) is 2.70. The van der Waals surface area contributed by atoms with E-state index in [0.29, 0.717) is 5.02 Å². The summed E-state index contributed by atoms with van der Waals surface area (Å²) in [4.78, 5) is 0. The molecular formula is C11H12BrClO. The number of hydrogen-bond donors (Lipinski definition) is 1. The minimum atomic E-state index is -0.675. The highest BCUT2D eigenvalue weighted by atomic mass is 79.9. The van der Waals surface area contributed by atoms with E-state index in [0.717, 1.165) is 34.9 Å². The molecule has 0 unspecified atom stereocenters. The molecular weight excluding hydrogens is 263 g/mol. The Kier molecular flexibility index (Phi) is 2.63. The predicted molar refractivity (Wildman–Crippen MR) is 61.6 cm³/mol. The van der Waals surface area contributed by atoms with Crippen LogP contribution < -0.4 is 0 Å². The number of benzene rings is 1. The first kappa shape index (κ1) is 10.5. The molecule has 1 fully saturated rings. The third-order valence-electron chi connectivity index (χ3n) is 2.85. The summed E-state index contributed by atoms with van der Waals surface area (Å²) in [6.45, 7) is 2.01. The highest BCUT2D eigenvalue weighted by molar-refractivity contribution is 9.10. The summed E-state index contributed by atoms with van der Waals surface area (Å²) in [5.74, 6) is 0. The minimum Gasteiger partial charge on any atom is -0.385 e. The quantitative estimate of drug-likeness (QED) is 0.827. The van der Waals surface area contributed by atoms with E-state index < -0.39 is 5.60 Å². The van der Waals surface area contributed by atoms with Gasteiger partial charge in [0.05, 0.1) is 10.6 Å². The second kappa shape index (κ2) is 3.51. The van der Waals surface area contributed by atoms with Crippen molar-refractivity contribution in [2.24, 2.45) is 0 Å². The summed E-state index contributed by atoms with van der Waals surface area (Å²) >= 11 is 9.56. The maximum atomic E-state index is 10.2. The van der Waals surface area contributed by atoms with E-state index in [1.807, 2.05) is 19.1 Å². The molecule has 1 N–H and O–H groups in total. The van der Waals surface area contributed by atoms with E-state index in [4.69, 9.17) is 11.6 Å². The van der Waals surface area contributed by atoms with Crippen LogP contribution in [0.15, 0.2) is 16.6 Å². The van der Waals surface area contributed by atoms with E-state index in [-0.39, 0.29) is 0 Å². The SMILES string of the molecule is Cc1cc(Br)c(Cl)c(C2(O)CCC2)c1. The lowest BCUT2D eigenvalue weighted by Gasteiger charge is -2.38. The van der Waals surface area contributed by atoms with Gasteiger partial charge in [-0.15, -0.1) is 0 Å². The topological polar surface area (TPSA) is 20.2 Å². The maximum absolute atomic E-state index is 10.2. The zero-order chi connectivity index (χ0) is 10.3. The van der Waals surface area contributed by atoms with Crippen LogP contribution in [0.3, 0.4) is 0 Å². The van der Waals surface area contributed by atoms with Crippen LogP contribution >= 0.6 is 27.5 Å². The van der Waals surface area contributed by atoms with Gasteiger partial charge in [-0.05, 0) is 53.7 Å². The Balaban J connectivity index is 2.51. The van der Waals surface area contributed by atoms with Gasteiger partial charge in [0.15, 0.2) is 0 Å². The van der Waals surface area contributed by atoms with Gasteiger partial charge in [-0.2, -0.15) is 0 Å². The molecule has 1 aromatic carbocycles. The lowest BCUT2D eigenvalue weighted by atomic mass is 9.75. The average Bonchev–Trinajstić information content (AvgIpc) is 2.07. The molecule has 1 saturated carbocycles. The molecule has 0 saturated heterocycles. The Morgan fingerprint density at radius 2 is 2.07 bits per heavy atom. The number of aryl methyl sites for hydroxylation is 1. The monoisotopic (exact) mass is 274 g/mol. The lowest BCUT2D eigenvalue weighted by Crippen LogP contribution is -2.34. The number of halogens is 2. The molecule has 0 radical (unpaired) electrons. The van der Waals surface area contributed by atoms with Gasteiger partial charge in [0.25, 0.3) is 0 Å². The van der Waals surface area contributed by atoms with Crippen molar-refractivity contribution in [1.82, 2.24) is 0 Å². The third kappa shape index (κ3) is 1.60. The van der Waals surface area contributed by atoms with Gasteiger partial charge in [-0.3, -0.25) is 0 Å². The summed E-state index contributed by atoms with van der Waals surface area (Å²) in [6, 6.07) is 3.94. The number of hydrogen-bond acceptors (Lipinski definition) is 1. The summed E-state index contributed by atoms with van der Waals surface area (Å²) in [5.41, 5.74) is 1.32. The van der Waals surface area contributed by atoms with Crippen molar-refractivity contribution in [3.63, 3.8) is 0 Å². The molecule has 3 heteroatoms. The van der Waals surface area contributed by atoms with E-state index in [2.05, 4.69) is 15.9 Å². The van der Waals surface area contributed by atoms with Crippen LogP contribution in [0.2, 0.25) is 5.02 Å². The van der Waals surface area contributed by atoms with Crippen molar-refractivity contribution in [2.75, 3.05) is 0 Å². The molecule has 1 aliphatic rings. The van der Waals surface area contributed by atoms with Gasteiger partial charge in [0, 0.05) is 10.0 Å². The molecule has 2 rings (SSSR count). The molecule has 0 aliphatic heterocycles. The fourth-order valence-electron chi connectivity index (χ4n) is 1.84. The van der Waals surface area contributed by atoms with Gasteiger partial charge in [-0.25, -0.2) is 0 Å². The molecule has 0 bridgehead atoms. The second-order valence-electron chi connectivity index (χ2n) is 3.99. The lowest BCUT2D eigenvalue weighted by molar-refractivity contribution is -0.0387. The van der Waals surface area contributed by atoms with Crippen molar-refractivity contribution in [3.8, 4) is 0 Å². The molecule has 14 heavy (non-hydrogen) atoms. The Bertz CT molecular complexity index is 372. The Morgan fingerprint density at radius 3 is 2.57 bits per heavy atom.